The van der Waals surface area contributed by atoms with Crippen molar-refractivity contribution in [3.8, 4) is 5.75 Å². The molecule has 1 atom stereocenters. The molecule has 19 heavy (non-hydrogen) atoms. The largest absolute Gasteiger partial charge is 0.493 e. The molecule has 0 aromatic heterocycles. The smallest absolute Gasteiger partial charge is 0.125 e. The van der Waals surface area contributed by atoms with Crippen LogP contribution in [0.4, 0.5) is 0 Å². The van der Waals surface area contributed by atoms with Crippen molar-refractivity contribution in [2.24, 2.45) is 5.73 Å². The van der Waals surface area contributed by atoms with E-state index in [2.05, 4.69) is 22.9 Å². The summed E-state index contributed by atoms with van der Waals surface area (Å²) in [5, 5.41) is 0. The van der Waals surface area contributed by atoms with Crippen LogP contribution in [0.25, 0.3) is 0 Å². The van der Waals surface area contributed by atoms with Gasteiger partial charge in [-0.1, -0.05) is 61.0 Å². The Morgan fingerprint density at radius 3 is 2.53 bits per heavy atom. The SMILES string of the molecule is CCCCCCCCOc1cc(Br)ccc1[C@H](C)N. The first-order valence-electron chi connectivity index (χ1n) is 7.33. The first kappa shape index (κ1) is 16.5. The lowest BCUT2D eigenvalue weighted by molar-refractivity contribution is 0.300. The van der Waals surface area contributed by atoms with E-state index >= 15 is 0 Å². The molecule has 0 radical (unpaired) electrons. The molecule has 1 aromatic rings. The van der Waals surface area contributed by atoms with E-state index in [1.807, 2.05) is 25.1 Å². The van der Waals surface area contributed by atoms with E-state index in [1.54, 1.807) is 0 Å². The molecule has 0 fully saturated rings. The zero-order valence-electron chi connectivity index (χ0n) is 12.1. The van der Waals surface area contributed by atoms with Crippen molar-refractivity contribution in [3.63, 3.8) is 0 Å². The molecular weight excluding hydrogens is 302 g/mol. The average Bonchev–Trinajstić information content (AvgIpc) is 2.37. The van der Waals surface area contributed by atoms with Crippen molar-refractivity contribution in [2.45, 2.75) is 58.4 Å². The van der Waals surface area contributed by atoms with E-state index in [9.17, 15) is 0 Å². The van der Waals surface area contributed by atoms with Gasteiger partial charge in [-0.3, -0.25) is 0 Å². The van der Waals surface area contributed by atoms with Gasteiger partial charge in [0.2, 0.25) is 0 Å². The molecule has 0 aliphatic heterocycles. The molecule has 2 nitrogen and oxygen atoms in total. The fourth-order valence-electron chi connectivity index (χ4n) is 2.07. The summed E-state index contributed by atoms with van der Waals surface area (Å²) in [6.07, 6.45) is 7.68. The number of hydrogen-bond donors (Lipinski definition) is 1. The van der Waals surface area contributed by atoms with Gasteiger partial charge in [-0.05, 0) is 25.5 Å². The van der Waals surface area contributed by atoms with Crippen LogP contribution in [-0.4, -0.2) is 6.61 Å². The van der Waals surface area contributed by atoms with E-state index < -0.39 is 0 Å². The number of ether oxygens (including phenoxy) is 1. The first-order chi connectivity index (χ1) is 9.15. The molecule has 0 heterocycles. The molecule has 0 amide bonds. The maximum absolute atomic E-state index is 5.95. The Bertz CT molecular complexity index is 366. The molecule has 3 heteroatoms. The van der Waals surface area contributed by atoms with Crippen molar-refractivity contribution in [2.75, 3.05) is 6.61 Å². The highest BCUT2D eigenvalue weighted by molar-refractivity contribution is 9.10. The molecule has 108 valence electrons. The number of halogens is 1. The Morgan fingerprint density at radius 2 is 1.84 bits per heavy atom. The molecule has 0 spiro atoms. The van der Waals surface area contributed by atoms with E-state index in [4.69, 9.17) is 10.5 Å². The summed E-state index contributed by atoms with van der Waals surface area (Å²) in [6.45, 7) is 5.01. The van der Waals surface area contributed by atoms with Gasteiger partial charge in [-0.25, -0.2) is 0 Å². The first-order valence-corrected chi connectivity index (χ1v) is 8.12. The second-order valence-electron chi connectivity index (χ2n) is 5.09. The zero-order valence-corrected chi connectivity index (χ0v) is 13.7. The highest BCUT2D eigenvalue weighted by Gasteiger charge is 2.08. The fourth-order valence-corrected chi connectivity index (χ4v) is 2.41. The third kappa shape index (κ3) is 6.44. The minimum Gasteiger partial charge on any atom is -0.493 e. The van der Waals surface area contributed by atoms with Gasteiger partial charge >= 0.3 is 0 Å². The second kappa shape index (κ2) is 9.38. The van der Waals surface area contributed by atoms with Crippen molar-refractivity contribution >= 4 is 15.9 Å². The summed E-state index contributed by atoms with van der Waals surface area (Å²) in [4.78, 5) is 0. The van der Waals surface area contributed by atoms with Crippen molar-refractivity contribution in [1.82, 2.24) is 0 Å². The standard InChI is InChI=1S/C16H26BrNO/c1-3-4-5-6-7-8-11-19-16-12-14(17)9-10-15(16)13(2)18/h9-10,12-13H,3-8,11,18H2,1-2H3/t13-/m0/s1. The van der Waals surface area contributed by atoms with Gasteiger partial charge in [0.05, 0.1) is 6.61 Å². The lowest BCUT2D eigenvalue weighted by Gasteiger charge is -2.14. The maximum Gasteiger partial charge on any atom is 0.125 e. The predicted molar refractivity (Wildman–Crippen MR) is 85.6 cm³/mol. The topological polar surface area (TPSA) is 35.2 Å². The van der Waals surface area contributed by atoms with Crippen LogP contribution in [0, 0.1) is 0 Å². The third-order valence-corrected chi connectivity index (χ3v) is 3.71. The van der Waals surface area contributed by atoms with Gasteiger partial charge < -0.3 is 10.5 Å². The minimum absolute atomic E-state index is 0.00709. The Hall–Kier alpha value is -0.540. The Balaban J connectivity index is 2.34. The zero-order chi connectivity index (χ0) is 14.1. The van der Waals surface area contributed by atoms with Gasteiger partial charge in [0.25, 0.3) is 0 Å². The van der Waals surface area contributed by atoms with Crippen LogP contribution in [0.5, 0.6) is 5.75 Å². The number of hydrogen-bond acceptors (Lipinski definition) is 2. The van der Waals surface area contributed by atoms with Gasteiger partial charge in [0.1, 0.15) is 5.75 Å². The Kier molecular flexibility index (Phi) is 8.15. The van der Waals surface area contributed by atoms with Gasteiger partial charge in [-0.2, -0.15) is 0 Å². The molecule has 1 aromatic carbocycles. The lowest BCUT2D eigenvalue weighted by atomic mass is 10.1. The molecule has 0 aliphatic carbocycles. The average molecular weight is 328 g/mol. The summed E-state index contributed by atoms with van der Waals surface area (Å²) < 4.78 is 6.91. The molecule has 0 aliphatic rings. The third-order valence-electron chi connectivity index (χ3n) is 3.22. The van der Waals surface area contributed by atoms with Crippen LogP contribution in [0.3, 0.4) is 0 Å². The highest BCUT2D eigenvalue weighted by atomic mass is 79.9. The summed E-state index contributed by atoms with van der Waals surface area (Å²) in [5.41, 5.74) is 7.03. The maximum atomic E-state index is 5.95. The lowest BCUT2D eigenvalue weighted by Crippen LogP contribution is -2.08. The molecule has 0 saturated heterocycles. The van der Waals surface area contributed by atoms with Crippen molar-refractivity contribution in [1.29, 1.82) is 0 Å². The van der Waals surface area contributed by atoms with Crippen LogP contribution in [0.2, 0.25) is 0 Å². The number of rotatable bonds is 9. The molecule has 0 bridgehead atoms. The molecule has 1 rings (SSSR count). The Labute approximate surface area is 125 Å². The summed E-state index contributed by atoms with van der Waals surface area (Å²) in [5.74, 6) is 0.915. The van der Waals surface area contributed by atoms with Crippen LogP contribution in [0.1, 0.15) is 64.0 Å². The van der Waals surface area contributed by atoms with Crippen LogP contribution < -0.4 is 10.5 Å². The molecule has 0 saturated carbocycles. The summed E-state index contributed by atoms with van der Waals surface area (Å²) >= 11 is 3.48. The summed E-state index contributed by atoms with van der Waals surface area (Å²) in [6, 6.07) is 6.06. The van der Waals surface area contributed by atoms with Crippen LogP contribution in [-0.2, 0) is 0 Å². The quantitative estimate of drug-likeness (QED) is 0.632. The monoisotopic (exact) mass is 327 g/mol. The van der Waals surface area contributed by atoms with Gasteiger partial charge in [0.15, 0.2) is 0 Å². The van der Waals surface area contributed by atoms with E-state index in [-0.39, 0.29) is 6.04 Å². The van der Waals surface area contributed by atoms with Gasteiger partial charge in [0, 0.05) is 16.1 Å². The molecule has 2 N–H and O–H groups in total. The van der Waals surface area contributed by atoms with Crippen molar-refractivity contribution < 1.29 is 4.74 Å². The van der Waals surface area contributed by atoms with Crippen molar-refractivity contribution in [3.05, 3.63) is 28.2 Å². The van der Waals surface area contributed by atoms with Gasteiger partial charge in [-0.15, -0.1) is 0 Å². The second-order valence-corrected chi connectivity index (χ2v) is 6.00. The van der Waals surface area contributed by atoms with E-state index in [1.165, 1.54) is 32.1 Å². The van der Waals surface area contributed by atoms with E-state index in [0.29, 0.717) is 0 Å². The fraction of sp³-hybridized carbons (Fsp3) is 0.625. The number of nitrogens with two attached hydrogens (primary N) is 1. The number of unbranched alkanes of at least 4 members (excludes halogenated alkanes) is 5. The van der Waals surface area contributed by atoms with Crippen LogP contribution >= 0.6 is 15.9 Å². The normalized spacial score (nSPS) is 12.4. The van der Waals surface area contributed by atoms with Crippen LogP contribution in [0.15, 0.2) is 22.7 Å². The number of benzene rings is 1. The predicted octanol–water partition coefficient (Wildman–Crippen LogP) is 5.21. The molecule has 0 unspecified atom stereocenters. The Morgan fingerprint density at radius 1 is 1.16 bits per heavy atom. The minimum atomic E-state index is 0.00709. The van der Waals surface area contributed by atoms with E-state index in [0.717, 1.165) is 28.8 Å². The summed E-state index contributed by atoms with van der Waals surface area (Å²) in [7, 11) is 0. The molecular formula is C16H26BrNO. The highest BCUT2D eigenvalue weighted by Crippen LogP contribution is 2.27.